The van der Waals surface area contributed by atoms with Crippen molar-refractivity contribution >= 4 is 24.2 Å². The molecule has 134 valence electrons. The minimum Gasteiger partial charge on any atom is -0.381 e. The number of halogens is 1. The van der Waals surface area contributed by atoms with E-state index in [2.05, 4.69) is 5.32 Å². The summed E-state index contributed by atoms with van der Waals surface area (Å²) in [4.78, 5) is 25.8. The van der Waals surface area contributed by atoms with Gasteiger partial charge in [0.25, 0.3) is 0 Å². The first-order chi connectivity index (χ1) is 11.1. The van der Waals surface area contributed by atoms with E-state index in [4.69, 9.17) is 10.5 Å². The number of nitrogens with zero attached hydrogens (tertiary/aromatic N) is 1. The molecule has 0 aromatic heterocycles. The van der Waals surface area contributed by atoms with E-state index in [1.54, 1.807) is 11.9 Å². The van der Waals surface area contributed by atoms with Gasteiger partial charge in [-0.15, -0.1) is 12.4 Å². The Kier molecular flexibility index (Phi) is 8.74. The Morgan fingerprint density at radius 2 is 1.92 bits per heavy atom. The van der Waals surface area contributed by atoms with Gasteiger partial charge in [0, 0.05) is 26.8 Å². The summed E-state index contributed by atoms with van der Waals surface area (Å²) in [5.41, 5.74) is 7.03. The number of ether oxygens (including phenoxy) is 1. The molecule has 0 radical (unpaired) electrons. The van der Waals surface area contributed by atoms with Gasteiger partial charge < -0.3 is 20.7 Å². The number of hydrogen-bond acceptors (Lipinski definition) is 4. The normalized spacial score (nSPS) is 15.9. The van der Waals surface area contributed by atoms with E-state index in [0.717, 1.165) is 18.4 Å². The third-order valence-corrected chi connectivity index (χ3v) is 4.18. The number of nitrogens with two attached hydrogens (primary N) is 1. The minimum absolute atomic E-state index is 0. The predicted molar refractivity (Wildman–Crippen MR) is 94.7 cm³/mol. The molecule has 0 bridgehead atoms. The summed E-state index contributed by atoms with van der Waals surface area (Å²) < 4.78 is 5.27. The van der Waals surface area contributed by atoms with Crippen LogP contribution >= 0.6 is 12.4 Å². The Balaban J connectivity index is 0.00000288. The fourth-order valence-corrected chi connectivity index (χ4v) is 2.65. The molecule has 0 saturated carbocycles. The Morgan fingerprint density at radius 3 is 2.54 bits per heavy atom. The first-order valence-corrected chi connectivity index (χ1v) is 7.97. The van der Waals surface area contributed by atoms with Crippen molar-refractivity contribution < 1.29 is 14.3 Å². The number of benzene rings is 1. The van der Waals surface area contributed by atoms with Gasteiger partial charge in [-0.25, -0.2) is 0 Å². The largest absolute Gasteiger partial charge is 0.381 e. The van der Waals surface area contributed by atoms with Crippen LogP contribution in [0.2, 0.25) is 0 Å². The van der Waals surface area contributed by atoms with Crippen molar-refractivity contribution in [3.63, 3.8) is 0 Å². The lowest BCUT2D eigenvalue weighted by molar-refractivity contribution is -0.133. The predicted octanol–water partition coefficient (Wildman–Crippen LogP) is 0.937. The summed E-state index contributed by atoms with van der Waals surface area (Å²) in [6, 6.07) is 9.15. The van der Waals surface area contributed by atoms with Crippen LogP contribution in [0.25, 0.3) is 0 Å². The van der Waals surface area contributed by atoms with Gasteiger partial charge in [0.05, 0.1) is 12.6 Å². The van der Waals surface area contributed by atoms with Crippen LogP contribution < -0.4 is 11.1 Å². The zero-order valence-corrected chi connectivity index (χ0v) is 14.8. The number of nitrogens with one attached hydrogen (secondary N) is 1. The maximum atomic E-state index is 12.1. The van der Waals surface area contributed by atoms with Crippen molar-refractivity contribution in [2.75, 3.05) is 26.8 Å². The average molecular weight is 356 g/mol. The summed E-state index contributed by atoms with van der Waals surface area (Å²) in [6.07, 6.45) is 1.58. The molecule has 6 nitrogen and oxygen atoms in total. The van der Waals surface area contributed by atoms with Gasteiger partial charge in [-0.1, -0.05) is 30.3 Å². The summed E-state index contributed by atoms with van der Waals surface area (Å²) in [5, 5.41) is 2.65. The highest BCUT2D eigenvalue weighted by Gasteiger charge is 2.26. The zero-order valence-electron chi connectivity index (χ0n) is 13.9. The van der Waals surface area contributed by atoms with Gasteiger partial charge >= 0.3 is 0 Å². The minimum atomic E-state index is -0.578. The smallest absolute Gasteiger partial charge is 0.242 e. The number of amides is 2. The maximum absolute atomic E-state index is 12.1. The Bertz CT molecular complexity index is 521. The van der Waals surface area contributed by atoms with Crippen LogP contribution in [0.5, 0.6) is 0 Å². The fraction of sp³-hybridized carbons (Fsp3) is 0.529. The molecule has 1 aliphatic heterocycles. The number of carbonyl (C=O) groups is 2. The van der Waals surface area contributed by atoms with E-state index < -0.39 is 6.04 Å². The summed E-state index contributed by atoms with van der Waals surface area (Å²) in [7, 11) is 1.72. The fourth-order valence-electron chi connectivity index (χ4n) is 2.65. The highest BCUT2D eigenvalue weighted by atomic mass is 35.5. The van der Waals surface area contributed by atoms with E-state index >= 15 is 0 Å². The van der Waals surface area contributed by atoms with E-state index in [1.807, 2.05) is 30.3 Å². The number of rotatable bonds is 6. The standard InChI is InChI=1S/C17H25N3O3.ClH/c1-20(12-13-5-3-2-4-6-13)15(21)11-19-17(22)16(18)14-7-9-23-10-8-14;/h2-6,14,16H,7-12,18H2,1H3,(H,19,22);1H. The van der Waals surface area contributed by atoms with Crippen LogP contribution in [0.4, 0.5) is 0 Å². The molecular weight excluding hydrogens is 330 g/mol. The van der Waals surface area contributed by atoms with Crippen LogP contribution in [0, 0.1) is 5.92 Å². The molecule has 3 N–H and O–H groups in total. The lowest BCUT2D eigenvalue weighted by Crippen LogP contribution is -2.49. The van der Waals surface area contributed by atoms with Crippen LogP contribution in [-0.2, 0) is 20.9 Å². The lowest BCUT2D eigenvalue weighted by Gasteiger charge is -2.27. The number of carbonyl (C=O) groups excluding carboxylic acids is 2. The molecule has 1 aliphatic rings. The quantitative estimate of drug-likeness (QED) is 0.795. The van der Waals surface area contributed by atoms with Crippen molar-refractivity contribution in [1.29, 1.82) is 0 Å². The second-order valence-electron chi connectivity index (χ2n) is 5.93. The molecule has 2 amide bonds. The molecule has 1 atom stereocenters. The maximum Gasteiger partial charge on any atom is 0.242 e. The Labute approximate surface area is 149 Å². The molecule has 7 heteroatoms. The highest BCUT2D eigenvalue weighted by molar-refractivity contribution is 5.87. The van der Waals surface area contributed by atoms with Gasteiger partial charge in [0.15, 0.2) is 0 Å². The summed E-state index contributed by atoms with van der Waals surface area (Å²) in [6.45, 7) is 1.77. The molecule has 1 unspecified atom stereocenters. The van der Waals surface area contributed by atoms with E-state index in [-0.39, 0.29) is 36.7 Å². The summed E-state index contributed by atoms with van der Waals surface area (Å²) >= 11 is 0. The molecule has 0 aliphatic carbocycles. The molecule has 1 aromatic rings. The van der Waals surface area contributed by atoms with Crippen molar-refractivity contribution in [2.24, 2.45) is 11.7 Å². The second kappa shape index (κ2) is 10.3. The van der Waals surface area contributed by atoms with Gasteiger partial charge in [-0.3, -0.25) is 9.59 Å². The van der Waals surface area contributed by atoms with Crippen molar-refractivity contribution in [2.45, 2.75) is 25.4 Å². The van der Waals surface area contributed by atoms with E-state index in [0.29, 0.717) is 19.8 Å². The summed E-state index contributed by atoms with van der Waals surface area (Å²) in [5.74, 6) is -0.277. The van der Waals surface area contributed by atoms with Crippen molar-refractivity contribution in [3.05, 3.63) is 35.9 Å². The van der Waals surface area contributed by atoms with Crippen molar-refractivity contribution in [3.8, 4) is 0 Å². The Hall–Kier alpha value is -1.63. The first kappa shape index (κ1) is 20.4. The Morgan fingerprint density at radius 1 is 1.29 bits per heavy atom. The molecular formula is C17H26ClN3O3. The molecule has 2 rings (SSSR count). The molecule has 1 heterocycles. The molecule has 1 fully saturated rings. The average Bonchev–Trinajstić information content (AvgIpc) is 2.60. The zero-order chi connectivity index (χ0) is 16.7. The highest BCUT2D eigenvalue weighted by Crippen LogP contribution is 2.17. The molecule has 1 saturated heterocycles. The number of likely N-dealkylation sites (N-methyl/N-ethyl adjacent to an activating group) is 1. The molecule has 24 heavy (non-hydrogen) atoms. The van der Waals surface area contributed by atoms with E-state index in [1.165, 1.54) is 0 Å². The second-order valence-corrected chi connectivity index (χ2v) is 5.93. The monoisotopic (exact) mass is 355 g/mol. The molecule has 1 aromatic carbocycles. The van der Waals surface area contributed by atoms with Crippen LogP contribution in [0.15, 0.2) is 30.3 Å². The van der Waals surface area contributed by atoms with Crippen molar-refractivity contribution in [1.82, 2.24) is 10.2 Å². The SMILES string of the molecule is CN(Cc1ccccc1)C(=O)CNC(=O)C(N)C1CCOCC1.Cl. The van der Waals surface area contributed by atoms with Crippen LogP contribution in [0.3, 0.4) is 0 Å². The first-order valence-electron chi connectivity index (χ1n) is 7.97. The third-order valence-electron chi connectivity index (χ3n) is 4.18. The third kappa shape index (κ3) is 6.11. The lowest BCUT2D eigenvalue weighted by atomic mass is 9.92. The van der Waals surface area contributed by atoms with Gasteiger partial charge in [0.2, 0.25) is 11.8 Å². The van der Waals surface area contributed by atoms with Gasteiger partial charge in [-0.2, -0.15) is 0 Å². The van der Waals surface area contributed by atoms with E-state index in [9.17, 15) is 9.59 Å². The van der Waals surface area contributed by atoms with Crippen LogP contribution in [-0.4, -0.2) is 49.6 Å². The van der Waals surface area contributed by atoms with Gasteiger partial charge in [0.1, 0.15) is 0 Å². The van der Waals surface area contributed by atoms with Crippen LogP contribution in [0.1, 0.15) is 18.4 Å². The topological polar surface area (TPSA) is 84.7 Å². The number of hydrogen-bond donors (Lipinski definition) is 2. The molecule has 0 spiro atoms. The van der Waals surface area contributed by atoms with Gasteiger partial charge in [-0.05, 0) is 24.3 Å².